The number of hydrogen-bond acceptors (Lipinski definition) is 9. The van der Waals surface area contributed by atoms with Crippen molar-refractivity contribution in [1.29, 1.82) is 0 Å². The molecule has 2 bridgehead atoms. The van der Waals surface area contributed by atoms with Crippen molar-refractivity contribution in [3.8, 4) is 5.75 Å². The number of carbonyl (C=O) groups excluding carboxylic acids is 6. The zero-order valence-electron chi connectivity index (χ0n) is 35.9. The lowest BCUT2D eigenvalue weighted by atomic mass is 9.97. The fraction of sp³-hybridized carbons (Fsp3) is 0.435. The van der Waals surface area contributed by atoms with Gasteiger partial charge in [-0.1, -0.05) is 88.4 Å². The number of rotatable bonds is 14. The van der Waals surface area contributed by atoms with E-state index in [1.165, 1.54) is 6.92 Å². The van der Waals surface area contributed by atoms with Gasteiger partial charge in [0.05, 0.1) is 19.3 Å². The molecule has 3 aromatic carbocycles. The Morgan fingerprint density at radius 1 is 0.790 bits per heavy atom. The molecular weight excluding hydrogens is 795 g/mol. The molecule has 16 nitrogen and oxygen atoms in total. The van der Waals surface area contributed by atoms with Gasteiger partial charge in [0.25, 0.3) is 5.91 Å². The van der Waals surface area contributed by atoms with Crippen molar-refractivity contribution in [2.24, 2.45) is 11.8 Å². The van der Waals surface area contributed by atoms with Crippen LogP contribution in [-0.2, 0) is 52.8 Å². The maximum Gasteiger partial charge on any atom is 0.251 e. The van der Waals surface area contributed by atoms with Crippen LogP contribution in [0, 0.1) is 11.8 Å². The Kier molecular flexibility index (Phi) is 17.0. The number of aromatic nitrogens is 1. The number of aliphatic hydroxyl groups is 1. The molecule has 6 atom stereocenters. The fourth-order valence-corrected chi connectivity index (χ4v) is 7.22. The summed E-state index contributed by atoms with van der Waals surface area (Å²) in [6, 6.07) is 17.9. The maximum absolute atomic E-state index is 14.2. The molecule has 0 radical (unpaired) electrons. The highest BCUT2D eigenvalue weighted by Crippen LogP contribution is 2.20. The Labute approximate surface area is 361 Å². The molecule has 6 amide bonds. The molecule has 6 rings (SSSR count). The van der Waals surface area contributed by atoms with Gasteiger partial charge in [-0.15, -0.1) is 0 Å². The van der Waals surface area contributed by atoms with Gasteiger partial charge in [-0.3, -0.25) is 28.8 Å². The van der Waals surface area contributed by atoms with Crippen molar-refractivity contribution < 1.29 is 43.3 Å². The maximum atomic E-state index is 14.2. The lowest BCUT2D eigenvalue weighted by molar-refractivity contribution is -0.137. The van der Waals surface area contributed by atoms with Crippen LogP contribution in [0.3, 0.4) is 0 Å². The number of fused-ring (bicyclic) bond motifs is 15. The monoisotopic (exact) mass is 853 g/mol. The first-order valence-corrected chi connectivity index (χ1v) is 21.0. The molecule has 62 heavy (non-hydrogen) atoms. The molecule has 2 aliphatic rings. The zero-order valence-corrected chi connectivity index (χ0v) is 35.9. The molecule has 0 fully saturated rings. The van der Waals surface area contributed by atoms with E-state index in [2.05, 4.69) is 36.9 Å². The first kappa shape index (κ1) is 46.8. The molecule has 0 aliphatic carbocycles. The van der Waals surface area contributed by atoms with E-state index in [1.54, 1.807) is 88.5 Å². The largest absolute Gasteiger partial charge is 0.491 e. The molecule has 0 spiro atoms. The predicted octanol–water partition coefficient (Wildman–Crippen LogP) is 1.84. The van der Waals surface area contributed by atoms with Crippen LogP contribution in [0.1, 0.15) is 51.3 Å². The first-order valence-electron chi connectivity index (χ1n) is 21.0. The van der Waals surface area contributed by atoms with Crippen molar-refractivity contribution in [3.05, 3.63) is 102 Å². The van der Waals surface area contributed by atoms with Gasteiger partial charge < -0.3 is 51.5 Å². The predicted molar refractivity (Wildman–Crippen MR) is 233 cm³/mol. The van der Waals surface area contributed by atoms with Gasteiger partial charge in [0.2, 0.25) is 29.5 Å². The summed E-state index contributed by atoms with van der Waals surface area (Å²) in [5, 5.41) is 29.2. The summed E-state index contributed by atoms with van der Waals surface area (Å²) in [4.78, 5) is 84.8. The smallest absolute Gasteiger partial charge is 0.251 e. The van der Waals surface area contributed by atoms with E-state index >= 15 is 0 Å². The van der Waals surface area contributed by atoms with Gasteiger partial charge in [0.15, 0.2) is 6.10 Å². The summed E-state index contributed by atoms with van der Waals surface area (Å²) in [5.41, 5.74) is 3.01. The normalized spacial score (nSPS) is 18.3. The summed E-state index contributed by atoms with van der Waals surface area (Å²) in [5.74, 6) is -3.95. The number of aliphatic hydroxyl groups excluding tert-OH is 1. The van der Waals surface area contributed by atoms with Crippen molar-refractivity contribution in [3.63, 3.8) is 0 Å². The topological polar surface area (TPSA) is 229 Å². The van der Waals surface area contributed by atoms with E-state index in [0.29, 0.717) is 23.5 Å². The number of H-pyrrole nitrogens is 1. The van der Waals surface area contributed by atoms with Crippen LogP contribution in [0.5, 0.6) is 5.75 Å². The highest BCUT2D eigenvalue weighted by molar-refractivity contribution is 5.95. The number of ether oxygens (including phenoxy) is 2. The second kappa shape index (κ2) is 22.5. The molecule has 0 saturated carbocycles. The Hall–Kier alpha value is -6.26. The van der Waals surface area contributed by atoms with Gasteiger partial charge in [0, 0.05) is 43.4 Å². The van der Waals surface area contributed by atoms with Crippen LogP contribution >= 0.6 is 0 Å². The Morgan fingerprint density at radius 3 is 2.19 bits per heavy atom. The molecule has 3 heterocycles. The number of hydrogen-bond donors (Lipinski definition) is 8. The molecule has 4 aromatic rings. The van der Waals surface area contributed by atoms with E-state index in [9.17, 15) is 33.9 Å². The van der Waals surface area contributed by atoms with Gasteiger partial charge in [0.1, 0.15) is 36.5 Å². The lowest BCUT2D eigenvalue weighted by Crippen LogP contribution is -2.61. The second-order valence-corrected chi connectivity index (χ2v) is 16.2. The fourth-order valence-electron chi connectivity index (χ4n) is 7.22. The summed E-state index contributed by atoms with van der Waals surface area (Å²) in [7, 11) is 0. The standard InChI is InChI=1S/C46H59N7O9/c1-27(2)39-44(58)47-19-20-61-21-22-62-33-17-15-31(16-18-33)24-37(42(56)52-39)51-46(60)41(55)36(23-30-11-7-6-8-12-30)50-45(59)40(28(3)4)53-43(57)38(49-29(5)54)25-32-26-48-35-14-10-9-13-34(32)35/h6-18,26-28,36-41,48,55H,19-25H2,1-5H3,(H,47,58)(H,49,54)(H,50,59)(H,51,60)(H,52,56)(H,53,57)/t36-,37-,38-,39-,40-,41?/m0/s1. The van der Waals surface area contributed by atoms with Crippen LogP contribution in [-0.4, -0.2) is 108 Å². The number of nitrogens with one attached hydrogen (secondary N) is 7. The number of carbonyl (C=O) groups is 6. The third-order valence-electron chi connectivity index (χ3n) is 10.6. The summed E-state index contributed by atoms with van der Waals surface area (Å²) >= 11 is 0. The van der Waals surface area contributed by atoms with Crippen LogP contribution in [0.25, 0.3) is 10.9 Å². The molecule has 2 aliphatic heterocycles. The molecular formula is C46H59N7O9. The summed E-state index contributed by atoms with van der Waals surface area (Å²) < 4.78 is 11.3. The van der Waals surface area contributed by atoms with Gasteiger partial charge in [-0.2, -0.15) is 0 Å². The third-order valence-corrected chi connectivity index (χ3v) is 10.6. The van der Waals surface area contributed by atoms with E-state index < -0.39 is 77.7 Å². The molecule has 8 N–H and O–H groups in total. The van der Waals surface area contributed by atoms with E-state index in [4.69, 9.17) is 9.47 Å². The number of aromatic amines is 1. The molecule has 1 unspecified atom stereocenters. The SMILES string of the molecule is CC(=O)N[C@@H](Cc1c[nH]c2ccccc12)C(=O)N[C@H](C(=O)N[C@@H](Cc1ccccc1)C(O)C(=O)N[C@H]1Cc2ccc(cc2)OCCOCCNC(=O)[C@H](C(C)C)NC1=O)C(C)C. The summed E-state index contributed by atoms with van der Waals surface area (Å²) in [6.45, 7) is 9.37. The molecule has 16 heteroatoms. The highest BCUT2D eigenvalue weighted by Gasteiger charge is 2.36. The lowest BCUT2D eigenvalue weighted by Gasteiger charge is -2.30. The second-order valence-electron chi connectivity index (χ2n) is 16.2. The van der Waals surface area contributed by atoms with Crippen LogP contribution < -0.4 is 36.6 Å². The van der Waals surface area contributed by atoms with Crippen LogP contribution in [0.4, 0.5) is 0 Å². The zero-order chi connectivity index (χ0) is 44.8. The van der Waals surface area contributed by atoms with Gasteiger partial charge >= 0.3 is 0 Å². The van der Waals surface area contributed by atoms with Crippen molar-refractivity contribution in [2.75, 3.05) is 26.4 Å². The van der Waals surface area contributed by atoms with Gasteiger partial charge in [-0.05, 0) is 53.1 Å². The molecule has 332 valence electrons. The van der Waals surface area contributed by atoms with Crippen LogP contribution in [0.15, 0.2) is 85.1 Å². The average molecular weight is 854 g/mol. The minimum absolute atomic E-state index is 0.00659. The van der Waals surface area contributed by atoms with Gasteiger partial charge in [-0.25, -0.2) is 0 Å². The first-order chi connectivity index (χ1) is 29.7. The third kappa shape index (κ3) is 13.4. The minimum atomic E-state index is -1.88. The Bertz CT molecular complexity index is 2140. The van der Waals surface area contributed by atoms with Crippen molar-refractivity contribution in [2.45, 2.75) is 90.2 Å². The van der Waals surface area contributed by atoms with Crippen LogP contribution in [0.2, 0.25) is 0 Å². The molecule has 1 aromatic heterocycles. The number of benzene rings is 3. The Morgan fingerprint density at radius 2 is 1.50 bits per heavy atom. The van der Waals surface area contributed by atoms with E-state index in [-0.39, 0.29) is 44.9 Å². The van der Waals surface area contributed by atoms with E-state index in [1.807, 2.05) is 24.3 Å². The van der Waals surface area contributed by atoms with E-state index in [0.717, 1.165) is 16.5 Å². The minimum Gasteiger partial charge on any atom is -0.491 e. The van der Waals surface area contributed by atoms with Crippen molar-refractivity contribution >= 4 is 46.3 Å². The van der Waals surface area contributed by atoms with Crippen molar-refractivity contribution in [1.82, 2.24) is 36.9 Å². The summed E-state index contributed by atoms with van der Waals surface area (Å²) in [6.07, 6.45) is 0.0325. The molecule has 0 saturated heterocycles. The number of amides is 6. The Balaban J connectivity index is 1.37. The quantitative estimate of drug-likeness (QED) is 0.0865. The average Bonchev–Trinajstić information content (AvgIpc) is 3.65. The highest BCUT2D eigenvalue weighted by atomic mass is 16.5. The number of para-hydroxylation sites is 1.